The number of hydrogen-bond donors (Lipinski definition) is 1. The molecule has 0 fully saturated rings. The van der Waals surface area contributed by atoms with E-state index in [4.69, 9.17) is 0 Å². The first-order chi connectivity index (χ1) is 10.1. The summed E-state index contributed by atoms with van der Waals surface area (Å²) in [6, 6.07) is 16.2. The van der Waals surface area contributed by atoms with Crippen LogP contribution in [0.5, 0.6) is 0 Å². The highest BCUT2D eigenvalue weighted by atomic mass is 79.9. The molecule has 2 rings (SSSR count). The highest BCUT2D eigenvalue weighted by Gasteiger charge is 2.16. The molecule has 0 bridgehead atoms. The molecule has 2 nitrogen and oxygen atoms in total. The van der Waals surface area contributed by atoms with Gasteiger partial charge in [-0.1, -0.05) is 48.9 Å². The first-order valence-electron chi connectivity index (χ1n) is 7.04. The molecule has 0 saturated carbocycles. The SMILES string of the molecule is CCNC(CS(=O)c1ccccc1Br)c1ccc(C)cc1. The van der Waals surface area contributed by atoms with E-state index < -0.39 is 10.8 Å². The summed E-state index contributed by atoms with van der Waals surface area (Å²) in [7, 11) is -1.04. The van der Waals surface area contributed by atoms with Gasteiger partial charge in [0.25, 0.3) is 0 Å². The third-order valence-electron chi connectivity index (χ3n) is 3.33. The fraction of sp³-hybridized carbons (Fsp3) is 0.294. The minimum atomic E-state index is -1.04. The number of nitrogens with one attached hydrogen (secondary N) is 1. The number of benzene rings is 2. The van der Waals surface area contributed by atoms with E-state index in [-0.39, 0.29) is 6.04 Å². The first-order valence-corrected chi connectivity index (χ1v) is 9.16. The fourth-order valence-electron chi connectivity index (χ4n) is 2.19. The molecule has 2 aromatic rings. The first kappa shape index (κ1) is 16.4. The van der Waals surface area contributed by atoms with Crippen LogP contribution in [0.25, 0.3) is 0 Å². The van der Waals surface area contributed by atoms with Crippen molar-refractivity contribution in [3.05, 3.63) is 64.1 Å². The summed E-state index contributed by atoms with van der Waals surface area (Å²) in [4.78, 5) is 0.854. The Balaban J connectivity index is 2.18. The molecule has 21 heavy (non-hydrogen) atoms. The monoisotopic (exact) mass is 365 g/mol. The summed E-state index contributed by atoms with van der Waals surface area (Å²) in [5.74, 6) is 0.569. The second kappa shape index (κ2) is 7.87. The Hall–Kier alpha value is -0.970. The predicted molar refractivity (Wildman–Crippen MR) is 93.0 cm³/mol. The zero-order chi connectivity index (χ0) is 15.2. The normalized spacial score (nSPS) is 13.9. The average molecular weight is 366 g/mol. The Kier molecular flexibility index (Phi) is 6.15. The molecule has 0 aliphatic rings. The molecule has 112 valence electrons. The Morgan fingerprint density at radius 2 is 1.81 bits per heavy atom. The van der Waals surface area contributed by atoms with Gasteiger partial charge >= 0.3 is 0 Å². The largest absolute Gasteiger partial charge is 0.309 e. The molecule has 0 aliphatic carbocycles. The lowest BCUT2D eigenvalue weighted by molar-refractivity contribution is 0.594. The summed E-state index contributed by atoms with van der Waals surface area (Å²) < 4.78 is 13.5. The summed E-state index contributed by atoms with van der Waals surface area (Å²) >= 11 is 3.48. The lowest BCUT2D eigenvalue weighted by Gasteiger charge is -2.18. The van der Waals surface area contributed by atoms with Crippen LogP contribution in [0.2, 0.25) is 0 Å². The highest BCUT2D eigenvalue weighted by molar-refractivity contribution is 9.10. The second-order valence-electron chi connectivity index (χ2n) is 4.96. The van der Waals surface area contributed by atoms with Crippen molar-refractivity contribution in [3.63, 3.8) is 0 Å². The van der Waals surface area contributed by atoms with Crippen LogP contribution < -0.4 is 5.32 Å². The van der Waals surface area contributed by atoms with Crippen molar-refractivity contribution in [2.45, 2.75) is 24.8 Å². The van der Waals surface area contributed by atoms with E-state index in [1.807, 2.05) is 24.3 Å². The average Bonchev–Trinajstić information content (AvgIpc) is 2.48. The van der Waals surface area contributed by atoms with Gasteiger partial charge in [0, 0.05) is 16.3 Å². The molecule has 0 aromatic heterocycles. The maximum atomic E-state index is 12.6. The van der Waals surface area contributed by atoms with Crippen molar-refractivity contribution in [2.75, 3.05) is 12.3 Å². The Bertz CT molecular complexity index is 612. The number of halogens is 1. The zero-order valence-corrected chi connectivity index (χ0v) is 14.7. The van der Waals surface area contributed by atoms with Crippen molar-refractivity contribution < 1.29 is 4.21 Å². The minimum Gasteiger partial charge on any atom is -0.309 e. The molecule has 1 N–H and O–H groups in total. The van der Waals surface area contributed by atoms with E-state index in [1.54, 1.807) is 0 Å². The lowest BCUT2D eigenvalue weighted by atomic mass is 10.1. The van der Waals surface area contributed by atoms with Crippen LogP contribution in [0.3, 0.4) is 0 Å². The molecule has 0 amide bonds. The Labute approximate surface area is 137 Å². The van der Waals surface area contributed by atoms with Gasteiger partial charge in [0.15, 0.2) is 0 Å². The van der Waals surface area contributed by atoms with Crippen molar-refractivity contribution >= 4 is 26.7 Å². The Morgan fingerprint density at radius 1 is 1.14 bits per heavy atom. The standard InChI is InChI=1S/C17H20BrNOS/c1-3-19-16(14-10-8-13(2)9-11-14)12-21(20)17-7-5-4-6-15(17)18/h4-11,16,19H,3,12H2,1-2H3. The van der Waals surface area contributed by atoms with Gasteiger partial charge in [-0.2, -0.15) is 0 Å². The fourth-order valence-corrected chi connectivity index (χ4v) is 4.32. The molecule has 2 unspecified atom stereocenters. The van der Waals surface area contributed by atoms with E-state index in [0.29, 0.717) is 5.75 Å². The van der Waals surface area contributed by atoms with Gasteiger partial charge in [-0.05, 0) is 47.1 Å². The lowest BCUT2D eigenvalue weighted by Crippen LogP contribution is -2.26. The van der Waals surface area contributed by atoms with Gasteiger partial charge < -0.3 is 5.32 Å². The van der Waals surface area contributed by atoms with Crippen molar-refractivity contribution in [3.8, 4) is 0 Å². The van der Waals surface area contributed by atoms with E-state index in [0.717, 1.165) is 15.9 Å². The quantitative estimate of drug-likeness (QED) is 0.830. The van der Waals surface area contributed by atoms with Crippen LogP contribution in [0.1, 0.15) is 24.1 Å². The van der Waals surface area contributed by atoms with Gasteiger partial charge in [0.05, 0.1) is 15.7 Å². The maximum absolute atomic E-state index is 12.6. The molecule has 2 aromatic carbocycles. The molecule has 0 saturated heterocycles. The van der Waals surface area contributed by atoms with E-state index in [1.165, 1.54) is 11.1 Å². The van der Waals surface area contributed by atoms with Crippen molar-refractivity contribution in [2.24, 2.45) is 0 Å². The van der Waals surface area contributed by atoms with Gasteiger partial charge in [-0.3, -0.25) is 4.21 Å². The molecule has 0 aliphatic heterocycles. The van der Waals surface area contributed by atoms with Crippen LogP contribution in [0.15, 0.2) is 57.9 Å². The van der Waals surface area contributed by atoms with Gasteiger partial charge in [0.2, 0.25) is 0 Å². The van der Waals surface area contributed by atoms with Crippen LogP contribution in [-0.2, 0) is 10.8 Å². The van der Waals surface area contributed by atoms with Crippen molar-refractivity contribution in [1.82, 2.24) is 5.32 Å². The number of hydrogen-bond acceptors (Lipinski definition) is 2. The molecule has 4 heteroatoms. The third-order valence-corrected chi connectivity index (χ3v) is 5.77. The molecular weight excluding hydrogens is 346 g/mol. The Morgan fingerprint density at radius 3 is 2.43 bits per heavy atom. The van der Waals surface area contributed by atoms with Crippen LogP contribution in [0, 0.1) is 6.92 Å². The molecule has 0 spiro atoms. The van der Waals surface area contributed by atoms with E-state index in [2.05, 4.69) is 59.4 Å². The van der Waals surface area contributed by atoms with E-state index >= 15 is 0 Å². The molecule has 0 heterocycles. The van der Waals surface area contributed by atoms with E-state index in [9.17, 15) is 4.21 Å². The van der Waals surface area contributed by atoms with Gasteiger partial charge in [0.1, 0.15) is 0 Å². The molecule has 2 atom stereocenters. The number of aryl methyl sites for hydroxylation is 1. The summed E-state index contributed by atoms with van der Waals surface area (Å²) in [6.07, 6.45) is 0. The summed E-state index contributed by atoms with van der Waals surface area (Å²) in [5.41, 5.74) is 2.42. The smallest absolute Gasteiger partial charge is 0.0560 e. The van der Waals surface area contributed by atoms with Crippen LogP contribution in [-0.4, -0.2) is 16.5 Å². The molecular formula is C17H20BrNOS. The highest BCUT2D eigenvalue weighted by Crippen LogP contribution is 2.23. The van der Waals surface area contributed by atoms with Gasteiger partial charge in [-0.25, -0.2) is 0 Å². The van der Waals surface area contributed by atoms with Crippen LogP contribution >= 0.6 is 15.9 Å². The topological polar surface area (TPSA) is 29.1 Å². The summed E-state index contributed by atoms with van der Waals surface area (Å²) in [6.45, 7) is 5.00. The number of rotatable bonds is 6. The predicted octanol–water partition coefficient (Wildman–Crippen LogP) is 4.22. The zero-order valence-electron chi connectivity index (χ0n) is 12.3. The second-order valence-corrected chi connectivity index (χ2v) is 7.28. The third kappa shape index (κ3) is 4.50. The van der Waals surface area contributed by atoms with Crippen molar-refractivity contribution in [1.29, 1.82) is 0 Å². The molecule has 0 radical (unpaired) electrons. The minimum absolute atomic E-state index is 0.100. The van der Waals surface area contributed by atoms with Gasteiger partial charge in [-0.15, -0.1) is 0 Å². The van der Waals surface area contributed by atoms with Crippen LogP contribution in [0.4, 0.5) is 0 Å². The summed E-state index contributed by atoms with van der Waals surface area (Å²) in [5, 5.41) is 3.43. The maximum Gasteiger partial charge on any atom is 0.0560 e.